The van der Waals surface area contributed by atoms with Crippen LogP contribution in [0.25, 0.3) is 0 Å². The molecule has 0 unspecified atom stereocenters. The number of hydrogen-bond acceptors (Lipinski definition) is 0. The molecule has 0 fully saturated rings. The van der Waals surface area contributed by atoms with Gasteiger partial charge in [0.05, 0.1) is 0 Å². The molecule has 0 atom stereocenters. The first-order valence-electron chi connectivity index (χ1n) is 12.0. The molecule has 0 nitrogen and oxygen atoms in total. The van der Waals surface area contributed by atoms with Crippen LogP contribution in [-0.4, -0.2) is 20.9 Å². The molecule has 0 aliphatic heterocycles. The Hall–Kier alpha value is 0.790. The Morgan fingerprint density at radius 2 is 0.560 bits per heavy atom. The second-order valence-electron chi connectivity index (χ2n) is 7.98. The van der Waals surface area contributed by atoms with E-state index >= 15 is 0 Å². The molecule has 0 amide bonds. The van der Waals surface area contributed by atoms with E-state index < -0.39 is 0 Å². The summed E-state index contributed by atoms with van der Waals surface area (Å²) in [5, 5.41) is 0. The van der Waals surface area contributed by atoms with E-state index in [4.69, 9.17) is 0 Å². The first kappa shape index (κ1) is 25.8. The van der Waals surface area contributed by atoms with Gasteiger partial charge in [-0.2, -0.15) is 0 Å². The third-order valence-electron chi connectivity index (χ3n) is 5.28. The SMILES string of the molecule is CCCCCCCCCCCC[Te+]CCCCCCCCCCCC. The topological polar surface area (TPSA) is 0 Å². The van der Waals surface area contributed by atoms with Crippen molar-refractivity contribution in [3.05, 3.63) is 0 Å². The van der Waals surface area contributed by atoms with Gasteiger partial charge in [-0.25, -0.2) is 0 Å². The predicted molar refractivity (Wildman–Crippen MR) is 119 cm³/mol. The monoisotopic (exact) mass is 468 g/mol. The Morgan fingerprint density at radius 1 is 0.320 bits per heavy atom. The van der Waals surface area contributed by atoms with Crippen molar-refractivity contribution >= 4 is 20.9 Å². The van der Waals surface area contributed by atoms with Crippen molar-refractivity contribution in [1.29, 1.82) is 0 Å². The number of hydrogen-bond donors (Lipinski definition) is 0. The second kappa shape index (κ2) is 24.8. The number of unbranched alkanes of at least 4 members (excludes halogenated alkanes) is 18. The first-order chi connectivity index (χ1) is 12.4. The third kappa shape index (κ3) is 24.8. The van der Waals surface area contributed by atoms with Crippen molar-refractivity contribution in [3.8, 4) is 0 Å². The molecule has 0 aliphatic rings. The zero-order valence-electron chi connectivity index (χ0n) is 18.0. The van der Waals surface area contributed by atoms with E-state index in [1.807, 2.05) is 0 Å². The van der Waals surface area contributed by atoms with Crippen LogP contribution in [0.15, 0.2) is 0 Å². The fourth-order valence-electron chi connectivity index (χ4n) is 3.49. The van der Waals surface area contributed by atoms with Crippen LogP contribution < -0.4 is 0 Å². The van der Waals surface area contributed by atoms with Gasteiger partial charge in [-0.3, -0.25) is 0 Å². The van der Waals surface area contributed by atoms with Gasteiger partial charge in [0, 0.05) is 0 Å². The fraction of sp³-hybridized carbons (Fsp3) is 1.00. The second-order valence-corrected chi connectivity index (χ2v) is 11.5. The molecule has 0 rings (SSSR count). The Labute approximate surface area is 171 Å². The van der Waals surface area contributed by atoms with Crippen LogP contribution in [0.1, 0.15) is 142 Å². The van der Waals surface area contributed by atoms with Gasteiger partial charge >= 0.3 is 172 Å². The van der Waals surface area contributed by atoms with Gasteiger partial charge in [0.15, 0.2) is 0 Å². The van der Waals surface area contributed by atoms with E-state index in [0.717, 1.165) is 0 Å². The zero-order valence-corrected chi connectivity index (χ0v) is 20.3. The van der Waals surface area contributed by atoms with Crippen molar-refractivity contribution in [1.82, 2.24) is 0 Å². The Balaban J connectivity index is 2.94. The zero-order chi connectivity index (χ0) is 18.3. The van der Waals surface area contributed by atoms with E-state index in [1.54, 1.807) is 21.8 Å². The van der Waals surface area contributed by atoms with Crippen molar-refractivity contribution in [2.45, 2.75) is 151 Å². The quantitative estimate of drug-likeness (QED) is 0.110. The summed E-state index contributed by atoms with van der Waals surface area (Å²) in [5.41, 5.74) is 0. The van der Waals surface area contributed by atoms with Crippen molar-refractivity contribution in [3.63, 3.8) is 0 Å². The van der Waals surface area contributed by atoms with Crippen LogP contribution in [0.4, 0.5) is 0 Å². The standard InChI is InChI=1S/C24H50Te/c1-3-5-7-9-11-13-15-17-19-21-23-25-24-22-20-18-16-14-12-10-8-6-4-2/h3-24H2,1-2H3/q+1. The molecule has 0 N–H and O–H groups in total. The van der Waals surface area contributed by atoms with E-state index in [-0.39, 0.29) is 0 Å². The summed E-state index contributed by atoms with van der Waals surface area (Å²) in [5.74, 6) is 0. The fourth-order valence-corrected chi connectivity index (χ4v) is 6.40. The average molecular weight is 466 g/mol. The van der Waals surface area contributed by atoms with Crippen LogP contribution in [0.2, 0.25) is 8.94 Å². The number of rotatable bonds is 22. The van der Waals surface area contributed by atoms with Crippen LogP contribution in [-0.2, 0) is 0 Å². The summed E-state index contributed by atoms with van der Waals surface area (Å²) < 4.78 is 3.25. The summed E-state index contributed by atoms with van der Waals surface area (Å²) in [4.78, 5) is 0. The third-order valence-corrected chi connectivity index (χ3v) is 8.58. The molecule has 0 saturated carbocycles. The van der Waals surface area contributed by atoms with Crippen LogP contribution in [0.3, 0.4) is 0 Å². The van der Waals surface area contributed by atoms with E-state index in [2.05, 4.69) is 13.8 Å². The van der Waals surface area contributed by atoms with Gasteiger partial charge in [-0.05, 0) is 0 Å². The average Bonchev–Trinajstić information content (AvgIpc) is 2.63. The maximum atomic E-state index is 2.31. The molecule has 1 heteroatoms. The van der Waals surface area contributed by atoms with Gasteiger partial charge in [0.1, 0.15) is 0 Å². The first-order valence-corrected chi connectivity index (χ1v) is 15.3. The van der Waals surface area contributed by atoms with E-state index in [1.165, 1.54) is 116 Å². The molecule has 0 aromatic rings. The Morgan fingerprint density at radius 3 is 0.840 bits per heavy atom. The molecular formula is C24H50Te+. The van der Waals surface area contributed by atoms with E-state index in [0.29, 0.717) is 20.9 Å². The van der Waals surface area contributed by atoms with Crippen LogP contribution in [0.5, 0.6) is 0 Å². The van der Waals surface area contributed by atoms with Crippen LogP contribution in [0, 0.1) is 0 Å². The molecule has 0 bridgehead atoms. The van der Waals surface area contributed by atoms with Crippen molar-refractivity contribution in [2.24, 2.45) is 0 Å². The Bertz CT molecular complexity index is 192. The molecule has 0 heterocycles. The molecule has 0 aromatic carbocycles. The van der Waals surface area contributed by atoms with Crippen LogP contribution >= 0.6 is 0 Å². The summed E-state index contributed by atoms with van der Waals surface area (Å²) >= 11 is 0.380. The van der Waals surface area contributed by atoms with Gasteiger partial charge < -0.3 is 0 Å². The Kier molecular flexibility index (Phi) is 25.6. The molecule has 25 heavy (non-hydrogen) atoms. The molecular weight excluding hydrogens is 416 g/mol. The van der Waals surface area contributed by atoms with Gasteiger partial charge in [-0.1, -0.05) is 0 Å². The summed E-state index contributed by atoms with van der Waals surface area (Å²) in [6.45, 7) is 4.61. The van der Waals surface area contributed by atoms with Crippen molar-refractivity contribution < 1.29 is 0 Å². The normalized spacial score (nSPS) is 11.3. The summed E-state index contributed by atoms with van der Waals surface area (Å²) in [7, 11) is 0. The molecule has 0 aliphatic carbocycles. The van der Waals surface area contributed by atoms with Crippen molar-refractivity contribution in [2.75, 3.05) is 0 Å². The molecule has 0 aromatic heterocycles. The molecule has 0 saturated heterocycles. The minimum atomic E-state index is 0.380. The molecule has 0 spiro atoms. The predicted octanol–water partition coefficient (Wildman–Crippen LogP) is 9.37. The minimum absolute atomic E-state index is 0.380. The van der Waals surface area contributed by atoms with Gasteiger partial charge in [0.2, 0.25) is 0 Å². The molecule has 1 radical (unpaired) electrons. The summed E-state index contributed by atoms with van der Waals surface area (Å²) in [6.07, 6.45) is 29.7. The molecule has 151 valence electrons. The van der Waals surface area contributed by atoms with E-state index in [9.17, 15) is 0 Å². The van der Waals surface area contributed by atoms with Gasteiger partial charge in [-0.15, -0.1) is 0 Å². The maximum absolute atomic E-state index is 2.31. The summed E-state index contributed by atoms with van der Waals surface area (Å²) in [6, 6.07) is 0. The van der Waals surface area contributed by atoms with Gasteiger partial charge in [0.25, 0.3) is 0 Å².